The lowest BCUT2D eigenvalue weighted by molar-refractivity contribution is -0.119. The number of anilines is 1. The van der Waals surface area contributed by atoms with Gasteiger partial charge in [0.15, 0.2) is 0 Å². The van der Waals surface area contributed by atoms with Crippen molar-refractivity contribution in [1.82, 2.24) is 5.43 Å². The second-order valence-corrected chi connectivity index (χ2v) is 4.58. The van der Waals surface area contributed by atoms with Gasteiger partial charge in [-0.3, -0.25) is 4.79 Å². The Hall–Kier alpha value is -3.09. The van der Waals surface area contributed by atoms with E-state index in [-0.39, 0.29) is 24.0 Å². The first-order valence-corrected chi connectivity index (χ1v) is 6.77. The molecule has 23 heavy (non-hydrogen) atoms. The highest BCUT2D eigenvalue weighted by Gasteiger charge is 2.02. The van der Waals surface area contributed by atoms with E-state index in [1.807, 2.05) is 0 Å². The predicted molar refractivity (Wildman–Crippen MR) is 85.3 cm³/mol. The maximum Gasteiger partial charge on any atom is 0.259 e. The summed E-state index contributed by atoms with van der Waals surface area (Å²) in [4.78, 5) is 11.6. The standard InChI is InChI=1S/C16H16FN3O3/c1-23-14-6-7-15(21)11(8-14)9-19-20-16(22)10-18-13-4-2-12(17)3-5-13/h2-9,18,21H,10H2,1H3,(H,20,22). The van der Waals surface area contributed by atoms with Gasteiger partial charge in [0.1, 0.15) is 17.3 Å². The van der Waals surface area contributed by atoms with Gasteiger partial charge in [-0.25, -0.2) is 9.82 Å². The second-order valence-electron chi connectivity index (χ2n) is 4.58. The van der Waals surface area contributed by atoms with Gasteiger partial charge in [0, 0.05) is 11.3 Å². The molecule has 0 atom stereocenters. The van der Waals surface area contributed by atoms with Gasteiger partial charge in [-0.05, 0) is 42.5 Å². The summed E-state index contributed by atoms with van der Waals surface area (Å²) in [6.07, 6.45) is 1.31. The van der Waals surface area contributed by atoms with E-state index >= 15 is 0 Å². The molecular formula is C16H16FN3O3. The zero-order valence-corrected chi connectivity index (χ0v) is 12.4. The van der Waals surface area contributed by atoms with Gasteiger partial charge in [-0.1, -0.05) is 0 Å². The quantitative estimate of drug-likeness (QED) is 0.563. The van der Waals surface area contributed by atoms with E-state index in [4.69, 9.17) is 4.74 Å². The molecule has 2 aromatic carbocycles. The number of carbonyl (C=O) groups excluding carboxylic acids is 1. The molecule has 120 valence electrons. The molecule has 0 heterocycles. The molecule has 0 unspecified atom stereocenters. The maximum atomic E-state index is 12.7. The molecular weight excluding hydrogens is 301 g/mol. The van der Waals surface area contributed by atoms with E-state index in [0.29, 0.717) is 17.0 Å². The summed E-state index contributed by atoms with van der Waals surface area (Å²) < 4.78 is 17.8. The molecule has 0 bridgehead atoms. The predicted octanol–water partition coefficient (Wildman–Crippen LogP) is 2.10. The molecule has 0 saturated heterocycles. The molecule has 0 saturated carbocycles. The van der Waals surface area contributed by atoms with Crippen LogP contribution in [0.4, 0.5) is 10.1 Å². The number of hydrazone groups is 1. The monoisotopic (exact) mass is 317 g/mol. The number of hydrogen-bond acceptors (Lipinski definition) is 5. The van der Waals surface area contributed by atoms with Crippen LogP contribution in [0.25, 0.3) is 0 Å². The normalized spacial score (nSPS) is 10.5. The minimum Gasteiger partial charge on any atom is -0.507 e. The number of nitrogens with zero attached hydrogens (tertiary/aromatic N) is 1. The number of rotatable bonds is 6. The first-order chi connectivity index (χ1) is 11.1. The van der Waals surface area contributed by atoms with Gasteiger partial charge in [-0.2, -0.15) is 5.10 Å². The van der Waals surface area contributed by atoms with Crippen LogP contribution in [0.15, 0.2) is 47.6 Å². The van der Waals surface area contributed by atoms with E-state index < -0.39 is 0 Å². The zero-order valence-electron chi connectivity index (χ0n) is 12.4. The highest BCUT2D eigenvalue weighted by atomic mass is 19.1. The van der Waals surface area contributed by atoms with Crippen LogP contribution < -0.4 is 15.5 Å². The van der Waals surface area contributed by atoms with Crippen LogP contribution in [0.1, 0.15) is 5.56 Å². The molecule has 0 radical (unpaired) electrons. The summed E-state index contributed by atoms with van der Waals surface area (Å²) in [5.41, 5.74) is 3.35. The largest absolute Gasteiger partial charge is 0.507 e. The smallest absolute Gasteiger partial charge is 0.259 e. The third-order valence-electron chi connectivity index (χ3n) is 2.92. The minimum absolute atomic E-state index is 0.0208. The number of phenols is 1. The number of amides is 1. The number of ether oxygens (including phenoxy) is 1. The van der Waals surface area contributed by atoms with Crippen molar-refractivity contribution in [2.75, 3.05) is 19.0 Å². The minimum atomic E-state index is -0.382. The van der Waals surface area contributed by atoms with Crippen LogP contribution in [0.3, 0.4) is 0 Å². The lowest BCUT2D eigenvalue weighted by atomic mass is 10.2. The summed E-state index contributed by atoms with van der Waals surface area (Å²) in [6, 6.07) is 10.3. The summed E-state index contributed by atoms with van der Waals surface area (Å²) >= 11 is 0. The molecule has 7 heteroatoms. The van der Waals surface area contributed by atoms with Crippen molar-refractivity contribution in [1.29, 1.82) is 0 Å². The lowest BCUT2D eigenvalue weighted by Gasteiger charge is -2.05. The van der Waals surface area contributed by atoms with Gasteiger partial charge in [0.05, 0.1) is 19.9 Å². The van der Waals surface area contributed by atoms with Crippen molar-refractivity contribution >= 4 is 17.8 Å². The highest BCUT2D eigenvalue weighted by molar-refractivity contribution is 5.86. The molecule has 0 aliphatic carbocycles. The molecule has 0 aliphatic rings. The topological polar surface area (TPSA) is 83.0 Å². The van der Waals surface area contributed by atoms with Crippen molar-refractivity contribution in [3.05, 3.63) is 53.8 Å². The zero-order chi connectivity index (χ0) is 16.7. The van der Waals surface area contributed by atoms with E-state index in [9.17, 15) is 14.3 Å². The fourth-order valence-corrected chi connectivity index (χ4v) is 1.73. The maximum absolute atomic E-state index is 12.7. The van der Waals surface area contributed by atoms with Gasteiger partial charge in [0.2, 0.25) is 0 Å². The summed E-state index contributed by atoms with van der Waals surface area (Å²) in [6.45, 7) is -0.0208. The fraction of sp³-hybridized carbons (Fsp3) is 0.125. The number of hydrogen-bond donors (Lipinski definition) is 3. The third-order valence-corrected chi connectivity index (χ3v) is 2.92. The van der Waals surface area contributed by atoms with Crippen LogP contribution in [0, 0.1) is 5.82 Å². The van der Waals surface area contributed by atoms with E-state index in [0.717, 1.165) is 0 Å². The Balaban J connectivity index is 1.85. The van der Waals surface area contributed by atoms with Gasteiger partial charge < -0.3 is 15.2 Å². The number of aromatic hydroxyl groups is 1. The Labute approximate surface area is 132 Å². The lowest BCUT2D eigenvalue weighted by Crippen LogP contribution is -2.25. The van der Waals surface area contributed by atoms with Crippen molar-refractivity contribution in [2.45, 2.75) is 0 Å². The summed E-state index contributed by atoms with van der Waals surface area (Å²) in [7, 11) is 1.51. The van der Waals surface area contributed by atoms with Gasteiger partial charge in [-0.15, -0.1) is 0 Å². The van der Waals surface area contributed by atoms with Gasteiger partial charge in [0.25, 0.3) is 5.91 Å². The van der Waals surface area contributed by atoms with Crippen LogP contribution in [0.5, 0.6) is 11.5 Å². The van der Waals surface area contributed by atoms with Crippen LogP contribution in [0.2, 0.25) is 0 Å². The van der Waals surface area contributed by atoms with Crippen molar-refractivity contribution in [3.8, 4) is 11.5 Å². The number of nitrogens with one attached hydrogen (secondary N) is 2. The SMILES string of the molecule is COc1ccc(O)c(C=NNC(=O)CNc2ccc(F)cc2)c1. The summed E-state index contributed by atoms with van der Waals surface area (Å²) in [5, 5.41) is 16.3. The van der Waals surface area contributed by atoms with Gasteiger partial charge >= 0.3 is 0 Å². The number of methoxy groups -OCH3 is 1. The molecule has 2 aromatic rings. The van der Waals surface area contributed by atoms with Crippen molar-refractivity contribution in [2.24, 2.45) is 5.10 Å². The molecule has 0 aliphatic heterocycles. The average molecular weight is 317 g/mol. The van der Waals surface area contributed by atoms with E-state index in [1.165, 1.54) is 43.7 Å². The van der Waals surface area contributed by atoms with Crippen molar-refractivity contribution in [3.63, 3.8) is 0 Å². The van der Waals surface area contributed by atoms with Crippen molar-refractivity contribution < 1.29 is 19.0 Å². The van der Waals surface area contributed by atoms with Crippen LogP contribution in [-0.2, 0) is 4.79 Å². The Bertz CT molecular complexity index is 702. The first kappa shape index (κ1) is 16.3. The molecule has 1 amide bonds. The number of phenolic OH excluding ortho intramolecular Hbond substituents is 1. The molecule has 6 nitrogen and oxygen atoms in total. The Kier molecular flexibility index (Phi) is 5.51. The number of halogens is 1. The molecule has 0 spiro atoms. The summed E-state index contributed by atoms with van der Waals surface area (Å²) in [5.74, 6) is -0.141. The van der Waals surface area contributed by atoms with E-state index in [2.05, 4.69) is 15.8 Å². The third kappa shape index (κ3) is 4.99. The van der Waals surface area contributed by atoms with Crippen LogP contribution >= 0.6 is 0 Å². The highest BCUT2D eigenvalue weighted by Crippen LogP contribution is 2.20. The Morgan fingerprint density at radius 1 is 1.30 bits per heavy atom. The Morgan fingerprint density at radius 2 is 2.04 bits per heavy atom. The number of benzene rings is 2. The molecule has 0 fully saturated rings. The van der Waals surface area contributed by atoms with E-state index in [1.54, 1.807) is 12.1 Å². The molecule has 0 aromatic heterocycles. The first-order valence-electron chi connectivity index (χ1n) is 6.77. The molecule has 2 rings (SSSR count). The number of carbonyl (C=O) groups is 1. The second kappa shape index (κ2) is 7.79. The fourth-order valence-electron chi connectivity index (χ4n) is 1.73. The molecule has 3 N–H and O–H groups in total. The Morgan fingerprint density at radius 3 is 2.74 bits per heavy atom. The average Bonchev–Trinajstić information content (AvgIpc) is 2.56. The van der Waals surface area contributed by atoms with Crippen LogP contribution in [-0.4, -0.2) is 30.9 Å².